The van der Waals surface area contributed by atoms with Crippen molar-refractivity contribution in [3.63, 3.8) is 0 Å². The average Bonchev–Trinajstić information content (AvgIpc) is 2.95. The summed E-state index contributed by atoms with van der Waals surface area (Å²) in [6.45, 7) is 4.40. The quantitative estimate of drug-likeness (QED) is 0.742. The molecule has 0 fully saturated rings. The summed E-state index contributed by atoms with van der Waals surface area (Å²) in [6.07, 6.45) is 1.13. The molecule has 0 bridgehead atoms. The Balaban J connectivity index is 1.76. The van der Waals surface area contributed by atoms with Gasteiger partial charge in [-0.15, -0.1) is 0 Å². The number of hydrogen-bond acceptors (Lipinski definition) is 4. The topological polar surface area (TPSA) is 94.1 Å². The van der Waals surface area contributed by atoms with Crippen LogP contribution in [0.4, 0.5) is 5.82 Å². The summed E-state index contributed by atoms with van der Waals surface area (Å²) in [5.41, 5.74) is 11.3. The number of rotatable bonds is 4. The number of fused-ring (bicyclic) bond motifs is 1. The molecule has 7 nitrogen and oxygen atoms in total. The maximum atomic E-state index is 12.8. The van der Waals surface area contributed by atoms with Crippen LogP contribution in [0.3, 0.4) is 0 Å². The molecule has 3 heterocycles. The smallest absolute Gasteiger partial charge is 0.248 e. The molecule has 2 N–H and O–H groups in total. The summed E-state index contributed by atoms with van der Waals surface area (Å²) < 4.78 is 1.83. The van der Waals surface area contributed by atoms with Gasteiger partial charge in [0.25, 0.3) is 0 Å². The van der Waals surface area contributed by atoms with E-state index in [1.54, 1.807) is 23.1 Å². The first-order valence-corrected chi connectivity index (χ1v) is 9.54. The molecule has 29 heavy (non-hydrogen) atoms. The van der Waals surface area contributed by atoms with Crippen molar-refractivity contribution in [3.05, 3.63) is 64.5 Å². The SMILES string of the molecule is Cc1nn(C)c(C)c1CN1C(=O)CCc2ccc(-c3cccc(C(N)=O)c3)nc21. The predicted molar refractivity (Wildman–Crippen MR) is 110 cm³/mol. The van der Waals surface area contributed by atoms with E-state index >= 15 is 0 Å². The molecule has 1 aliphatic rings. The molecule has 1 aliphatic heterocycles. The predicted octanol–water partition coefficient (Wildman–Crippen LogP) is 2.68. The molecule has 2 amide bonds. The highest BCUT2D eigenvalue weighted by atomic mass is 16.2. The molecule has 0 saturated carbocycles. The van der Waals surface area contributed by atoms with Crippen LogP contribution in [0.25, 0.3) is 11.3 Å². The van der Waals surface area contributed by atoms with E-state index in [0.29, 0.717) is 36.5 Å². The fourth-order valence-corrected chi connectivity index (χ4v) is 3.76. The Morgan fingerprint density at radius 3 is 2.66 bits per heavy atom. The van der Waals surface area contributed by atoms with Crippen LogP contribution in [0, 0.1) is 13.8 Å². The monoisotopic (exact) mass is 389 g/mol. The Morgan fingerprint density at radius 1 is 1.17 bits per heavy atom. The standard InChI is InChI=1S/C22H23N5O2/c1-13-18(14(2)26(3)25-13)12-27-20(28)10-8-15-7-9-19(24-22(15)27)16-5-4-6-17(11-16)21(23)29/h4-7,9,11H,8,10,12H2,1-3H3,(H2,23,29). The molecule has 0 radical (unpaired) electrons. The summed E-state index contributed by atoms with van der Waals surface area (Å²) in [7, 11) is 1.90. The Bertz CT molecular complexity index is 1130. The fourth-order valence-electron chi connectivity index (χ4n) is 3.76. The fraction of sp³-hybridized carbons (Fsp3) is 0.273. The van der Waals surface area contributed by atoms with Gasteiger partial charge in [-0.2, -0.15) is 5.10 Å². The highest BCUT2D eigenvalue weighted by Gasteiger charge is 2.28. The number of hydrogen-bond donors (Lipinski definition) is 1. The van der Waals surface area contributed by atoms with Crippen LogP contribution in [-0.4, -0.2) is 26.6 Å². The number of amides is 2. The zero-order valence-corrected chi connectivity index (χ0v) is 16.8. The van der Waals surface area contributed by atoms with Gasteiger partial charge >= 0.3 is 0 Å². The third kappa shape index (κ3) is 3.40. The van der Waals surface area contributed by atoms with Crippen molar-refractivity contribution in [2.75, 3.05) is 4.90 Å². The highest BCUT2D eigenvalue weighted by molar-refractivity contribution is 5.96. The third-order valence-electron chi connectivity index (χ3n) is 5.54. The first kappa shape index (κ1) is 18.9. The second kappa shape index (κ2) is 7.16. The van der Waals surface area contributed by atoms with Crippen LogP contribution < -0.4 is 10.6 Å². The van der Waals surface area contributed by atoms with Gasteiger partial charge in [0, 0.05) is 35.9 Å². The molecular weight excluding hydrogens is 366 g/mol. The van der Waals surface area contributed by atoms with Gasteiger partial charge in [0.2, 0.25) is 11.8 Å². The molecule has 7 heteroatoms. The molecule has 0 saturated heterocycles. The minimum absolute atomic E-state index is 0.0516. The van der Waals surface area contributed by atoms with E-state index in [4.69, 9.17) is 10.7 Å². The van der Waals surface area contributed by atoms with Gasteiger partial charge in [-0.05, 0) is 44.0 Å². The van der Waals surface area contributed by atoms with E-state index in [-0.39, 0.29) is 5.91 Å². The number of aryl methyl sites for hydroxylation is 3. The lowest BCUT2D eigenvalue weighted by Crippen LogP contribution is -2.35. The van der Waals surface area contributed by atoms with Crippen molar-refractivity contribution in [2.24, 2.45) is 12.8 Å². The number of anilines is 1. The van der Waals surface area contributed by atoms with E-state index in [1.165, 1.54) is 0 Å². The van der Waals surface area contributed by atoms with Crippen LogP contribution in [0.5, 0.6) is 0 Å². The molecule has 148 valence electrons. The van der Waals surface area contributed by atoms with Crippen molar-refractivity contribution in [3.8, 4) is 11.3 Å². The largest absolute Gasteiger partial charge is 0.366 e. The van der Waals surface area contributed by atoms with E-state index in [2.05, 4.69) is 5.10 Å². The van der Waals surface area contributed by atoms with Crippen molar-refractivity contribution in [2.45, 2.75) is 33.2 Å². The number of nitrogens with two attached hydrogens (primary N) is 1. The number of benzene rings is 1. The van der Waals surface area contributed by atoms with E-state index in [1.807, 2.05) is 43.8 Å². The van der Waals surface area contributed by atoms with Gasteiger partial charge in [-0.25, -0.2) is 4.98 Å². The zero-order chi connectivity index (χ0) is 20.7. The molecule has 0 atom stereocenters. The van der Waals surface area contributed by atoms with Gasteiger partial charge in [0.1, 0.15) is 5.82 Å². The molecular formula is C22H23N5O2. The van der Waals surface area contributed by atoms with Gasteiger partial charge in [-0.1, -0.05) is 18.2 Å². The average molecular weight is 389 g/mol. The number of pyridine rings is 1. The second-order valence-corrected chi connectivity index (χ2v) is 7.38. The summed E-state index contributed by atoms with van der Waals surface area (Å²) in [4.78, 5) is 30.9. The Labute approximate surface area is 169 Å². The lowest BCUT2D eigenvalue weighted by molar-refractivity contribution is -0.119. The number of aromatic nitrogens is 3. The minimum Gasteiger partial charge on any atom is -0.366 e. The Morgan fingerprint density at radius 2 is 1.97 bits per heavy atom. The molecule has 3 aromatic rings. The van der Waals surface area contributed by atoms with Crippen molar-refractivity contribution in [1.29, 1.82) is 0 Å². The van der Waals surface area contributed by atoms with Gasteiger partial charge in [0.05, 0.1) is 17.9 Å². The highest BCUT2D eigenvalue weighted by Crippen LogP contribution is 2.31. The zero-order valence-electron chi connectivity index (χ0n) is 16.8. The van der Waals surface area contributed by atoms with Crippen LogP contribution in [-0.2, 0) is 24.8 Å². The van der Waals surface area contributed by atoms with Crippen LogP contribution in [0.2, 0.25) is 0 Å². The first-order chi connectivity index (χ1) is 13.8. The van der Waals surface area contributed by atoms with Crippen LogP contribution in [0.15, 0.2) is 36.4 Å². The molecule has 4 rings (SSSR count). The molecule has 1 aromatic carbocycles. The summed E-state index contributed by atoms with van der Waals surface area (Å²) in [6, 6.07) is 11.0. The van der Waals surface area contributed by atoms with E-state index < -0.39 is 5.91 Å². The lowest BCUT2D eigenvalue weighted by Gasteiger charge is -2.29. The summed E-state index contributed by atoms with van der Waals surface area (Å²) in [5, 5.41) is 4.46. The van der Waals surface area contributed by atoms with Crippen LogP contribution >= 0.6 is 0 Å². The molecule has 0 unspecified atom stereocenters. The normalized spacial score (nSPS) is 13.5. The van der Waals surface area contributed by atoms with Crippen LogP contribution in [0.1, 0.15) is 39.3 Å². The number of carbonyl (C=O) groups excluding carboxylic acids is 2. The molecule has 0 aliphatic carbocycles. The summed E-state index contributed by atoms with van der Waals surface area (Å²) >= 11 is 0. The van der Waals surface area contributed by atoms with Crippen molar-refractivity contribution in [1.82, 2.24) is 14.8 Å². The van der Waals surface area contributed by atoms with Crippen molar-refractivity contribution >= 4 is 17.6 Å². The lowest BCUT2D eigenvalue weighted by atomic mass is 10.0. The number of primary amides is 1. The van der Waals surface area contributed by atoms with Gasteiger partial charge < -0.3 is 5.73 Å². The van der Waals surface area contributed by atoms with Gasteiger partial charge in [-0.3, -0.25) is 19.2 Å². The second-order valence-electron chi connectivity index (χ2n) is 7.38. The Kier molecular flexibility index (Phi) is 4.66. The number of nitrogens with zero attached hydrogens (tertiary/aromatic N) is 4. The minimum atomic E-state index is -0.482. The molecule has 0 spiro atoms. The third-order valence-corrected chi connectivity index (χ3v) is 5.54. The molecule has 2 aromatic heterocycles. The Hall–Kier alpha value is -3.48. The first-order valence-electron chi connectivity index (χ1n) is 9.54. The van der Waals surface area contributed by atoms with E-state index in [9.17, 15) is 9.59 Å². The van der Waals surface area contributed by atoms with E-state index in [0.717, 1.165) is 28.1 Å². The summed E-state index contributed by atoms with van der Waals surface area (Å²) in [5.74, 6) is 0.241. The van der Waals surface area contributed by atoms with Gasteiger partial charge in [0.15, 0.2) is 0 Å². The number of carbonyl (C=O) groups is 2. The maximum absolute atomic E-state index is 12.8. The van der Waals surface area contributed by atoms with Crippen molar-refractivity contribution < 1.29 is 9.59 Å². The maximum Gasteiger partial charge on any atom is 0.248 e.